The van der Waals surface area contributed by atoms with Gasteiger partial charge in [0.15, 0.2) is 0 Å². The molecule has 0 saturated heterocycles. The Kier molecular flexibility index (Phi) is 2.89. The number of carboxylic acid groups (broad SMARTS) is 1. The lowest BCUT2D eigenvalue weighted by Gasteiger charge is -2.35. The first kappa shape index (κ1) is 12.6. The standard InChI is InChI=1S/C15H14N2O3/c18-13(15(14(19)20)7-3-8-15)17-11-6-1-4-10-5-2-9-16-12(10)11/h1-2,4-6,9H,3,7-8H2,(H,17,18)(H,19,20). The summed E-state index contributed by atoms with van der Waals surface area (Å²) in [6, 6.07) is 9.16. The number of nitrogens with zero attached hydrogens (tertiary/aromatic N) is 1. The molecular formula is C15H14N2O3. The van der Waals surface area contributed by atoms with Crippen LogP contribution in [0.3, 0.4) is 0 Å². The fraction of sp³-hybridized carbons (Fsp3) is 0.267. The average molecular weight is 270 g/mol. The van der Waals surface area contributed by atoms with E-state index in [1.54, 1.807) is 12.3 Å². The zero-order valence-corrected chi connectivity index (χ0v) is 10.8. The van der Waals surface area contributed by atoms with Gasteiger partial charge in [0.05, 0.1) is 11.2 Å². The fourth-order valence-electron chi connectivity index (χ4n) is 2.52. The summed E-state index contributed by atoms with van der Waals surface area (Å²) in [7, 11) is 0. The van der Waals surface area contributed by atoms with Gasteiger partial charge in [-0.3, -0.25) is 14.6 Å². The molecule has 0 aliphatic heterocycles. The molecule has 1 aromatic carbocycles. The fourth-order valence-corrected chi connectivity index (χ4v) is 2.52. The number of hydrogen-bond donors (Lipinski definition) is 2. The molecule has 5 heteroatoms. The minimum Gasteiger partial charge on any atom is -0.480 e. The highest BCUT2D eigenvalue weighted by molar-refractivity contribution is 6.11. The number of carbonyl (C=O) groups excluding carboxylic acids is 1. The summed E-state index contributed by atoms with van der Waals surface area (Å²) in [5.74, 6) is -1.50. The Morgan fingerprint density at radius 3 is 2.60 bits per heavy atom. The van der Waals surface area contributed by atoms with Crippen LogP contribution in [0.1, 0.15) is 19.3 Å². The number of para-hydroxylation sites is 1. The number of benzene rings is 1. The molecule has 1 amide bonds. The van der Waals surface area contributed by atoms with E-state index in [-0.39, 0.29) is 0 Å². The molecule has 0 atom stereocenters. The van der Waals surface area contributed by atoms with Gasteiger partial charge in [-0.2, -0.15) is 0 Å². The van der Waals surface area contributed by atoms with Crippen LogP contribution in [0.2, 0.25) is 0 Å². The van der Waals surface area contributed by atoms with Crippen molar-refractivity contribution in [2.75, 3.05) is 5.32 Å². The first-order chi connectivity index (χ1) is 9.63. The quantitative estimate of drug-likeness (QED) is 0.839. The monoisotopic (exact) mass is 270 g/mol. The largest absolute Gasteiger partial charge is 0.480 e. The van der Waals surface area contributed by atoms with Gasteiger partial charge >= 0.3 is 5.97 Å². The second-order valence-electron chi connectivity index (χ2n) is 5.08. The van der Waals surface area contributed by atoms with Crippen molar-refractivity contribution in [2.24, 2.45) is 5.41 Å². The number of nitrogens with one attached hydrogen (secondary N) is 1. The Labute approximate surface area is 115 Å². The molecule has 0 unspecified atom stereocenters. The lowest BCUT2D eigenvalue weighted by Crippen LogP contribution is -2.48. The third-order valence-electron chi connectivity index (χ3n) is 3.93. The molecule has 0 spiro atoms. The smallest absolute Gasteiger partial charge is 0.319 e. The number of aromatic nitrogens is 1. The Bertz CT molecular complexity index is 687. The van der Waals surface area contributed by atoms with Gasteiger partial charge in [-0.15, -0.1) is 0 Å². The Morgan fingerprint density at radius 2 is 1.95 bits per heavy atom. The highest BCUT2D eigenvalue weighted by Crippen LogP contribution is 2.42. The summed E-state index contributed by atoms with van der Waals surface area (Å²) >= 11 is 0. The van der Waals surface area contributed by atoms with E-state index in [1.165, 1.54) is 0 Å². The van der Waals surface area contributed by atoms with Crippen molar-refractivity contribution < 1.29 is 14.7 Å². The molecule has 1 heterocycles. The van der Waals surface area contributed by atoms with E-state index in [1.807, 2.05) is 24.3 Å². The number of fused-ring (bicyclic) bond motifs is 1. The van der Waals surface area contributed by atoms with Gasteiger partial charge in [0.25, 0.3) is 0 Å². The first-order valence-electron chi connectivity index (χ1n) is 6.52. The second kappa shape index (κ2) is 4.59. The van der Waals surface area contributed by atoms with Gasteiger partial charge in [-0.25, -0.2) is 0 Å². The van der Waals surface area contributed by atoms with Crippen LogP contribution in [-0.2, 0) is 9.59 Å². The van der Waals surface area contributed by atoms with Crippen LogP contribution in [0.5, 0.6) is 0 Å². The number of amides is 1. The van der Waals surface area contributed by atoms with Crippen LogP contribution >= 0.6 is 0 Å². The minimum atomic E-state index is -1.27. The maximum absolute atomic E-state index is 12.3. The molecule has 1 aromatic heterocycles. The summed E-state index contributed by atoms with van der Waals surface area (Å²) in [6.07, 6.45) is 3.21. The maximum Gasteiger partial charge on any atom is 0.319 e. The number of anilines is 1. The number of aliphatic carboxylic acids is 1. The van der Waals surface area contributed by atoms with Crippen LogP contribution in [0.25, 0.3) is 10.9 Å². The van der Waals surface area contributed by atoms with E-state index in [2.05, 4.69) is 10.3 Å². The zero-order chi connectivity index (χ0) is 14.2. The van der Waals surface area contributed by atoms with E-state index in [0.717, 1.165) is 11.8 Å². The Hall–Kier alpha value is -2.43. The minimum absolute atomic E-state index is 0.395. The summed E-state index contributed by atoms with van der Waals surface area (Å²) in [5, 5.41) is 12.9. The Morgan fingerprint density at radius 1 is 1.20 bits per heavy atom. The molecule has 1 saturated carbocycles. The molecule has 1 aliphatic rings. The zero-order valence-electron chi connectivity index (χ0n) is 10.8. The van der Waals surface area contributed by atoms with Gasteiger partial charge in [-0.05, 0) is 25.0 Å². The molecule has 5 nitrogen and oxygen atoms in total. The number of carboxylic acids is 1. The predicted octanol–water partition coefficient (Wildman–Crippen LogP) is 2.43. The van der Waals surface area contributed by atoms with Crippen LogP contribution in [0, 0.1) is 5.41 Å². The van der Waals surface area contributed by atoms with Crippen molar-refractivity contribution in [1.82, 2.24) is 4.98 Å². The molecular weight excluding hydrogens is 256 g/mol. The van der Waals surface area contributed by atoms with E-state index >= 15 is 0 Å². The lowest BCUT2D eigenvalue weighted by molar-refractivity contribution is -0.159. The van der Waals surface area contributed by atoms with Gasteiger partial charge in [0.2, 0.25) is 5.91 Å². The van der Waals surface area contributed by atoms with Crippen LogP contribution in [-0.4, -0.2) is 22.0 Å². The molecule has 20 heavy (non-hydrogen) atoms. The van der Waals surface area contributed by atoms with E-state index in [9.17, 15) is 14.7 Å². The van der Waals surface area contributed by atoms with Crippen molar-refractivity contribution in [3.8, 4) is 0 Å². The van der Waals surface area contributed by atoms with Crippen molar-refractivity contribution in [3.63, 3.8) is 0 Å². The normalized spacial score (nSPS) is 16.4. The van der Waals surface area contributed by atoms with Crippen molar-refractivity contribution in [3.05, 3.63) is 36.5 Å². The molecule has 3 rings (SSSR count). The van der Waals surface area contributed by atoms with Crippen molar-refractivity contribution in [2.45, 2.75) is 19.3 Å². The summed E-state index contributed by atoms with van der Waals surface area (Å²) in [4.78, 5) is 27.8. The second-order valence-corrected chi connectivity index (χ2v) is 5.08. The van der Waals surface area contributed by atoms with Gasteiger partial charge in [0.1, 0.15) is 5.41 Å². The highest BCUT2D eigenvalue weighted by atomic mass is 16.4. The number of hydrogen-bond acceptors (Lipinski definition) is 3. The Balaban J connectivity index is 1.94. The lowest BCUT2D eigenvalue weighted by atomic mass is 9.68. The van der Waals surface area contributed by atoms with Gasteiger partial charge in [-0.1, -0.05) is 24.6 Å². The maximum atomic E-state index is 12.3. The summed E-state index contributed by atoms with van der Waals surface area (Å²) in [6.45, 7) is 0. The van der Waals surface area contributed by atoms with E-state index < -0.39 is 17.3 Å². The highest BCUT2D eigenvalue weighted by Gasteiger charge is 2.51. The third-order valence-corrected chi connectivity index (χ3v) is 3.93. The molecule has 2 N–H and O–H groups in total. The van der Waals surface area contributed by atoms with Crippen LogP contribution in [0.15, 0.2) is 36.5 Å². The molecule has 0 bridgehead atoms. The van der Waals surface area contributed by atoms with Crippen molar-refractivity contribution >= 4 is 28.5 Å². The predicted molar refractivity (Wildman–Crippen MR) is 74.3 cm³/mol. The van der Waals surface area contributed by atoms with Gasteiger partial charge in [0, 0.05) is 11.6 Å². The number of pyridine rings is 1. The SMILES string of the molecule is O=C(O)C1(C(=O)Nc2cccc3cccnc23)CCC1. The molecule has 2 aromatic rings. The first-order valence-corrected chi connectivity index (χ1v) is 6.52. The average Bonchev–Trinajstić information content (AvgIpc) is 2.37. The van der Waals surface area contributed by atoms with E-state index in [4.69, 9.17) is 0 Å². The summed E-state index contributed by atoms with van der Waals surface area (Å²) in [5.41, 5.74) is -0.0411. The van der Waals surface area contributed by atoms with Crippen LogP contribution in [0.4, 0.5) is 5.69 Å². The molecule has 1 aliphatic carbocycles. The molecule has 1 fully saturated rings. The van der Waals surface area contributed by atoms with Crippen LogP contribution < -0.4 is 5.32 Å². The molecule has 102 valence electrons. The van der Waals surface area contributed by atoms with E-state index in [0.29, 0.717) is 24.0 Å². The topological polar surface area (TPSA) is 79.3 Å². The number of rotatable bonds is 3. The third kappa shape index (κ3) is 1.82. The number of carbonyl (C=O) groups is 2. The summed E-state index contributed by atoms with van der Waals surface area (Å²) < 4.78 is 0. The molecule has 0 radical (unpaired) electrons. The van der Waals surface area contributed by atoms with Gasteiger partial charge < -0.3 is 10.4 Å². The van der Waals surface area contributed by atoms with Crippen molar-refractivity contribution in [1.29, 1.82) is 0 Å².